The Morgan fingerprint density at radius 2 is 2.06 bits per heavy atom. The molecule has 0 aliphatic carbocycles. The maximum Gasteiger partial charge on any atom is 0.320 e. The Morgan fingerprint density at radius 1 is 1.28 bits per heavy atom. The zero-order chi connectivity index (χ0) is 23.3. The minimum absolute atomic E-state index is 0.0219. The van der Waals surface area contributed by atoms with Crippen LogP contribution in [0.4, 0.5) is 0 Å². The molecule has 2 aromatic carbocycles. The SMILES string of the molecule is CC(C)Oc1ccc(COc2ccc3c(c2)OCCN(S(=O)(=O)CC(=O)O)C3)cc1C#N. The fourth-order valence-electron chi connectivity index (χ4n) is 3.18. The van der Waals surface area contributed by atoms with E-state index < -0.39 is 21.7 Å². The number of hydrogen-bond acceptors (Lipinski definition) is 7. The Kier molecular flexibility index (Phi) is 7.22. The molecule has 0 saturated carbocycles. The molecule has 0 atom stereocenters. The van der Waals surface area contributed by atoms with Crippen molar-refractivity contribution in [3.8, 4) is 23.3 Å². The quantitative estimate of drug-likeness (QED) is 0.637. The highest BCUT2D eigenvalue weighted by Crippen LogP contribution is 2.30. The molecular formula is C22H24N2O7S. The Bertz CT molecular complexity index is 1140. The average Bonchev–Trinajstić information content (AvgIpc) is 2.94. The van der Waals surface area contributed by atoms with E-state index in [0.717, 1.165) is 9.87 Å². The zero-order valence-electron chi connectivity index (χ0n) is 17.8. The van der Waals surface area contributed by atoms with Crippen LogP contribution in [0.1, 0.15) is 30.5 Å². The zero-order valence-corrected chi connectivity index (χ0v) is 18.6. The van der Waals surface area contributed by atoms with E-state index in [1.807, 2.05) is 19.9 Å². The third-order valence-electron chi connectivity index (χ3n) is 4.62. The van der Waals surface area contributed by atoms with Crippen LogP contribution in [0.5, 0.6) is 17.2 Å². The normalized spacial score (nSPS) is 14.1. The summed E-state index contributed by atoms with van der Waals surface area (Å²) in [6.07, 6.45) is -0.0428. The summed E-state index contributed by atoms with van der Waals surface area (Å²) in [5.41, 5.74) is 1.83. The fraction of sp³-hybridized carbons (Fsp3) is 0.364. The molecule has 0 bridgehead atoms. The largest absolute Gasteiger partial charge is 0.492 e. The molecule has 0 saturated heterocycles. The summed E-state index contributed by atoms with van der Waals surface area (Å²) in [4.78, 5) is 10.9. The highest BCUT2D eigenvalue weighted by atomic mass is 32.2. The molecule has 1 heterocycles. The summed E-state index contributed by atoms with van der Waals surface area (Å²) < 4.78 is 42.7. The van der Waals surface area contributed by atoms with Crippen molar-refractivity contribution in [3.63, 3.8) is 0 Å². The molecule has 9 nitrogen and oxygen atoms in total. The number of fused-ring (bicyclic) bond motifs is 1. The first-order chi connectivity index (χ1) is 15.2. The smallest absolute Gasteiger partial charge is 0.320 e. The minimum atomic E-state index is -3.94. The van der Waals surface area contributed by atoms with Crippen LogP contribution >= 0.6 is 0 Å². The lowest BCUT2D eigenvalue weighted by atomic mass is 10.1. The van der Waals surface area contributed by atoms with Crippen molar-refractivity contribution < 1.29 is 32.5 Å². The van der Waals surface area contributed by atoms with Crippen molar-refractivity contribution in [2.75, 3.05) is 18.9 Å². The van der Waals surface area contributed by atoms with E-state index in [2.05, 4.69) is 6.07 Å². The molecule has 3 rings (SSSR count). The third kappa shape index (κ3) is 5.90. The molecule has 0 unspecified atom stereocenters. The summed E-state index contributed by atoms with van der Waals surface area (Å²) in [6, 6.07) is 12.5. The van der Waals surface area contributed by atoms with Gasteiger partial charge in [-0.15, -0.1) is 0 Å². The van der Waals surface area contributed by atoms with Gasteiger partial charge in [0.25, 0.3) is 0 Å². The molecule has 0 amide bonds. The molecule has 0 radical (unpaired) electrons. The molecule has 10 heteroatoms. The van der Waals surface area contributed by atoms with Gasteiger partial charge in [-0.2, -0.15) is 9.57 Å². The molecule has 0 aromatic heterocycles. The first-order valence-corrected chi connectivity index (χ1v) is 11.6. The second-order valence-electron chi connectivity index (χ2n) is 7.50. The molecule has 1 aliphatic heterocycles. The lowest BCUT2D eigenvalue weighted by molar-refractivity contribution is -0.134. The first-order valence-electron chi connectivity index (χ1n) is 9.96. The predicted molar refractivity (Wildman–Crippen MR) is 115 cm³/mol. The number of aliphatic carboxylic acids is 1. The predicted octanol–water partition coefficient (Wildman–Crippen LogP) is 2.53. The molecule has 0 fully saturated rings. The maximum absolute atomic E-state index is 12.3. The lowest BCUT2D eigenvalue weighted by Gasteiger charge is -2.18. The number of carbonyl (C=O) groups is 1. The maximum atomic E-state index is 12.3. The number of sulfonamides is 1. The van der Waals surface area contributed by atoms with E-state index in [1.165, 1.54) is 0 Å². The van der Waals surface area contributed by atoms with Gasteiger partial charge in [0.2, 0.25) is 10.0 Å². The van der Waals surface area contributed by atoms with Crippen molar-refractivity contribution in [1.29, 1.82) is 5.26 Å². The molecule has 1 N–H and O–H groups in total. The van der Waals surface area contributed by atoms with Crippen LogP contribution in [0, 0.1) is 11.3 Å². The van der Waals surface area contributed by atoms with Crippen molar-refractivity contribution in [2.24, 2.45) is 0 Å². The molecular weight excluding hydrogens is 436 g/mol. The molecule has 0 spiro atoms. The van der Waals surface area contributed by atoms with Gasteiger partial charge in [0.1, 0.15) is 36.5 Å². The number of carboxylic acids is 1. The van der Waals surface area contributed by atoms with Crippen molar-refractivity contribution in [3.05, 3.63) is 53.1 Å². The molecule has 170 valence electrons. The Morgan fingerprint density at radius 3 is 2.75 bits per heavy atom. The molecule has 1 aliphatic rings. The number of nitrogens with zero attached hydrogens (tertiary/aromatic N) is 2. The van der Waals surface area contributed by atoms with Crippen LogP contribution in [0.15, 0.2) is 36.4 Å². The fourth-order valence-corrected chi connectivity index (χ4v) is 4.36. The lowest BCUT2D eigenvalue weighted by Crippen LogP contribution is -2.36. The number of carboxylic acid groups (broad SMARTS) is 1. The van der Waals surface area contributed by atoms with Gasteiger partial charge in [-0.1, -0.05) is 12.1 Å². The van der Waals surface area contributed by atoms with Crippen LogP contribution in [0.2, 0.25) is 0 Å². The third-order valence-corrected chi connectivity index (χ3v) is 6.33. The van der Waals surface area contributed by atoms with Gasteiger partial charge in [-0.25, -0.2) is 8.42 Å². The van der Waals surface area contributed by atoms with E-state index in [9.17, 15) is 18.5 Å². The van der Waals surface area contributed by atoms with Crippen LogP contribution in [0.3, 0.4) is 0 Å². The van der Waals surface area contributed by atoms with E-state index >= 15 is 0 Å². The van der Waals surface area contributed by atoms with E-state index in [1.54, 1.807) is 30.3 Å². The summed E-state index contributed by atoms with van der Waals surface area (Å²) in [6.45, 7) is 4.17. The van der Waals surface area contributed by atoms with E-state index in [4.69, 9.17) is 19.3 Å². The number of nitriles is 1. The van der Waals surface area contributed by atoms with Crippen LogP contribution in [-0.4, -0.2) is 48.8 Å². The monoisotopic (exact) mass is 460 g/mol. The second-order valence-corrected chi connectivity index (χ2v) is 9.47. The first kappa shape index (κ1) is 23.4. The van der Waals surface area contributed by atoms with Gasteiger partial charge < -0.3 is 19.3 Å². The summed E-state index contributed by atoms with van der Waals surface area (Å²) in [5.74, 6) is -0.843. The van der Waals surface area contributed by atoms with E-state index in [0.29, 0.717) is 28.4 Å². The van der Waals surface area contributed by atoms with Crippen molar-refractivity contribution in [1.82, 2.24) is 4.31 Å². The topological polar surface area (TPSA) is 126 Å². The minimum Gasteiger partial charge on any atom is -0.492 e. The Labute approximate surface area is 186 Å². The Hall–Kier alpha value is -3.29. The van der Waals surface area contributed by atoms with Crippen LogP contribution in [0.25, 0.3) is 0 Å². The summed E-state index contributed by atoms with van der Waals surface area (Å²) in [7, 11) is -3.94. The number of hydrogen-bond donors (Lipinski definition) is 1. The number of rotatable bonds is 8. The van der Waals surface area contributed by atoms with Gasteiger partial charge in [0.05, 0.1) is 11.7 Å². The van der Waals surface area contributed by atoms with Gasteiger partial charge in [-0.05, 0) is 37.6 Å². The molecule has 2 aromatic rings. The number of benzene rings is 2. The van der Waals surface area contributed by atoms with Gasteiger partial charge in [0, 0.05) is 24.7 Å². The Balaban J connectivity index is 1.70. The van der Waals surface area contributed by atoms with Crippen LogP contribution in [-0.2, 0) is 28.0 Å². The second kappa shape index (κ2) is 9.89. The summed E-state index contributed by atoms with van der Waals surface area (Å²) in [5, 5.41) is 18.2. The average molecular weight is 461 g/mol. The van der Waals surface area contributed by atoms with Crippen molar-refractivity contribution in [2.45, 2.75) is 33.1 Å². The van der Waals surface area contributed by atoms with Crippen molar-refractivity contribution >= 4 is 16.0 Å². The van der Waals surface area contributed by atoms with Gasteiger partial charge >= 0.3 is 5.97 Å². The number of ether oxygens (including phenoxy) is 3. The van der Waals surface area contributed by atoms with E-state index in [-0.39, 0.29) is 32.4 Å². The standard InChI is InChI=1S/C22H24N2O7S/c1-15(2)31-20-6-3-16(9-18(20)11-23)13-30-19-5-4-17-12-24(7-8-29-21(17)10-19)32(27,28)14-22(25)26/h3-6,9-10,15H,7-8,12-14H2,1-2H3,(H,25,26). The highest BCUT2D eigenvalue weighted by Gasteiger charge is 2.28. The van der Waals surface area contributed by atoms with Crippen LogP contribution < -0.4 is 14.2 Å². The summed E-state index contributed by atoms with van der Waals surface area (Å²) >= 11 is 0. The highest BCUT2D eigenvalue weighted by molar-refractivity contribution is 7.89. The van der Waals surface area contributed by atoms with Gasteiger partial charge in [0.15, 0.2) is 5.75 Å². The molecule has 32 heavy (non-hydrogen) atoms. The van der Waals surface area contributed by atoms with Gasteiger partial charge in [-0.3, -0.25) is 4.79 Å².